The number of nitrogens with two attached hydrogens (primary N) is 1. The fraction of sp³-hybridized carbons (Fsp3) is 0.150. The largest absolute Gasteiger partial charge is 0.399 e. The summed E-state index contributed by atoms with van der Waals surface area (Å²) < 4.78 is 0. The van der Waals surface area contributed by atoms with Gasteiger partial charge in [0.2, 0.25) is 0 Å². The number of anilines is 1. The standard InChI is InChI=1S/C20H18N2O/c21-17-9-8-15-10-11-22(20(23)19(15)12-17)13-16-6-3-5-14-4-1-2-7-18(14)16/h1-9,12H,10-11,13,21H2. The number of hydrogen-bond acceptors (Lipinski definition) is 2. The van der Waals surface area contributed by atoms with Crippen LogP contribution in [0.4, 0.5) is 5.69 Å². The summed E-state index contributed by atoms with van der Waals surface area (Å²) in [5.74, 6) is 0.0754. The van der Waals surface area contributed by atoms with Crippen molar-refractivity contribution < 1.29 is 4.79 Å². The van der Waals surface area contributed by atoms with E-state index in [1.54, 1.807) is 6.07 Å². The summed E-state index contributed by atoms with van der Waals surface area (Å²) in [6, 6.07) is 20.2. The summed E-state index contributed by atoms with van der Waals surface area (Å²) in [5.41, 5.74) is 9.51. The van der Waals surface area contributed by atoms with Gasteiger partial charge in [0.1, 0.15) is 0 Å². The Morgan fingerprint density at radius 3 is 2.74 bits per heavy atom. The van der Waals surface area contributed by atoms with Gasteiger partial charge in [0.05, 0.1) is 0 Å². The smallest absolute Gasteiger partial charge is 0.254 e. The summed E-state index contributed by atoms with van der Waals surface area (Å²) in [4.78, 5) is 14.7. The van der Waals surface area contributed by atoms with Gasteiger partial charge < -0.3 is 10.6 Å². The first-order valence-corrected chi connectivity index (χ1v) is 7.87. The molecule has 0 aliphatic carbocycles. The maximum atomic E-state index is 12.8. The van der Waals surface area contributed by atoms with Crippen LogP contribution in [0.25, 0.3) is 10.8 Å². The molecule has 0 bridgehead atoms. The van der Waals surface area contributed by atoms with Gasteiger partial charge in [-0.15, -0.1) is 0 Å². The Morgan fingerprint density at radius 2 is 1.83 bits per heavy atom. The molecule has 0 atom stereocenters. The normalized spacial score (nSPS) is 14.1. The monoisotopic (exact) mass is 302 g/mol. The first-order chi connectivity index (χ1) is 11.2. The molecule has 4 rings (SSSR count). The van der Waals surface area contributed by atoms with Gasteiger partial charge in [0.25, 0.3) is 5.91 Å². The molecule has 0 spiro atoms. The molecule has 0 unspecified atom stereocenters. The quantitative estimate of drug-likeness (QED) is 0.735. The van der Waals surface area contributed by atoms with Gasteiger partial charge in [-0.3, -0.25) is 4.79 Å². The highest BCUT2D eigenvalue weighted by Gasteiger charge is 2.24. The van der Waals surface area contributed by atoms with E-state index in [2.05, 4.69) is 30.3 Å². The molecule has 3 heteroatoms. The molecule has 3 aromatic carbocycles. The van der Waals surface area contributed by atoms with Gasteiger partial charge >= 0.3 is 0 Å². The van der Waals surface area contributed by atoms with Gasteiger partial charge in [0, 0.05) is 24.3 Å². The molecule has 0 fully saturated rings. The number of nitrogen functional groups attached to an aromatic ring is 1. The zero-order chi connectivity index (χ0) is 15.8. The van der Waals surface area contributed by atoms with Crippen LogP contribution in [-0.2, 0) is 13.0 Å². The minimum Gasteiger partial charge on any atom is -0.399 e. The highest BCUT2D eigenvalue weighted by molar-refractivity contribution is 5.98. The minimum absolute atomic E-state index is 0.0754. The number of nitrogens with zero attached hydrogens (tertiary/aromatic N) is 1. The van der Waals surface area contributed by atoms with E-state index in [0.717, 1.165) is 24.1 Å². The number of rotatable bonds is 2. The topological polar surface area (TPSA) is 46.3 Å². The third kappa shape index (κ3) is 2.44. The average Bonchev–Trinajstić information content (AvgIpc) is 2.58. The van der Waals surface area contributed by atoms with Crippen molar-refractivity contribution in [3.05, 3.63) is 77.4 Å². The van der Waals surface area contributed by atoms with Crippen molar-refractivity contribution in [2.24, 2.45) is 0 Å². The highest BCUT2D eigenvalue weighted by Crippen LogP contribution is 2.25. The maximum absolute atomic E-state index is 12.8. The van der Waals surface area contributed by atoms with E-state index in [-0.39, 0.29) is 5.91 Å². The molecule has 1 amide bonds. The Bertz CT molecular complexity index is 896. The van der Waals surface area contributed by atoms with E-state index in [4.69, 9.17) is 5.73 Å². The van der Waals surface area contributed by atoms with Crippen LogP contribution < -0.4 is 5.73 Å². The number of fused-ring (bicyclic) bond motifs is 2. The molecule has 0 saturated carbocycles. The lowest BCUT2D eigenvalue weighted by molar-refractivity contribution is 0.0728. The van der Waals surface area contributed by atoms with E-state index in [1.807, 2.05) is 29.2 Å². The van der Waals surface area contributed by atoms with Crippen LogP contribution in [-0.4, -0.2) is 17.4 Å². The fourth-order valence-corrected chi connectivity index (χ4v) is 3.33. The first-order valence-electron chi connectivity index (χ1n) is 7.87. The maximum Gasteiger partial charge on any atom is 0.254 e. The van der Waals surface area contributed by atoms with Gasteiger partial charge in [0.15, 0.2) is 0 Å². The molecule has 23 heavy (non-hydrogen) atoms. The summed E-state index contributed by atoms with van der Waals surface area (Å²) in [6.07, 6.45) is 0.881. The lowest BCUT2D eigenvalue weighted by atomic mass is 9.97. The minimum atomic E-state index is 0.0754. The Morgan fingerprint density at radius 1 is 1.00 bits per heavy atom. The van der Waals surface area contributed by atoms with Crippen LogP contribution in [0, 0.1) is 0 Å². The summed E-state index contributed by atoms with van der Waals surface area (Å²) >= 11 is 0. The zero-order valence-corrected chi connectivity index (χ0v) is 12.8. The lowest BCUT2D eigenvalue weighted by Crippen LogP contribution is -2.37. The molecule has 3 aromatic rings. The summed E-state index contributed by atoms with van der Waals surface area (Å²) in [7, 11) is 0. The first kappa shape index (κ1) is 13.8. The fourth-order valence-electron chi connectivity index (χ4n) is 3.33. The predicted octanol–water partition coefficient (Wildman–Crippen LogP) is 3.62. The van der Waals surface area contributed by atoms with Crippen molar-refractivity contribution in [2.75, 3.05) is 12.3 Å². The number of benzene rings is 3. The van der Waals surface area contributed by atoms with Crippen molar-refractivity contribution in [1.82, 2.24) is 4.90 Å². The molecule has 0 aromatic heterocycles. The predicted molar refractivity (Wildman–Crippen MR) is 93.2 cm³/mol. The third-order valence-electron chi connectivity index (χ3n) is 4.54. The zero-order valence-electron chi connectivity index (χ0n) is 12.8. The van der Waals surface area contributed by atoms with E-state index in [9.17, 15) is 4.79 Å². The lowest BCUT2D eigenvalue weighted by Gasteiger charge is -2.29. The number of carbonyl (C=O) groups is 1. The van der Waals surface area contributed by atoms with Crippen LogP contribution in [0.2, 0.25) is 0 Å². The highest BCUT2D eigenvalue weighted by atomic mass is 16.2. The summed E-state index contributed by atoms with van der Waals surface area (Å²) in [6.45, 7) is 1.38. The second-order valence-electron chi connectivity index (χ2n) is 6.03. The van der Waals surface area contributed by atoms with Crippen LogP contribution in [0.5, 0.6) is 0 Å². The molecule has 2 N–H and O–H groups in total. The van der Waals surface area contributed by atoms with Crippen LogP contribution in [0.1, 0.15) is 21.5 Å². The molecular formula is C20H18N2O. The van der Waals surface area contributed by atoms with E-state index in [1.165, 1.54) is 16.3 Å². The van der Waals surface area contributed by atoms with Crippen molar-refractivity contribution in [3.8, 4) is 0 Å². The Hall–Kier alpha value is -2.81. The van der Waals surface area contributed by atoms with Gasteiger partial charge in [-0.1, -0.05) is 48.5 Å². The average molecular weight is 302 g/mol. The van der Waals surface area contributed by atoms with Gasteiger partial charge in [-0.25, -0.2) is 0 Å². The Balaban J connectivity index is 1.68. The van der Waals surface area contributed by atoms with Crippen molar-refractivity contribution in [1.29, 1.82) is 0 Å². The number of amides is 1. The SMILES string of the molecule is Nc1ccc2c(c1)C(=O)N(Cc1cccc3ccccc13)CC2. The molecule has 1 aliphatic rings. The number of hydrogen-bond donors (Lipinski definition) is 1. The molecule has 3 nitrogen and oxygen atoms in total. The number of carbonyl (C=O) groups excluding carboxylic acids is 1. The third-order valence-corrected chi connectivity index (χ3v) is 4.54. The van der Waals surface area contributed by atoms with Gasteiger partial charge in [-0.05, 0) is 40.5 Å². The van der Waals surface area contributed by atoms with Crippen LogP contribution >= 0.6 is 0 Å². The molecule has 114 valence electrons. The van der Waals surface area contributed by atoms with Crippen molar-refractivity contribution in [2.45, 2.75) is 13.0 Å². The second-order valence-corrected chi connectivity index (χ2v) is 6.03. The molecule has 1 aliphatic heterocycles. The van der Waals surface area contributed by atoms with E-state index < -0.39 is 0 Å². The Labute approximate surface area is 135 Å². The van der Waals surface area contributed by atoms with Crippen LogP contribution in [0.3, 0.4) is 0 Å². The summed E-state index contributed by atoms with van der Waals surface area (Å²) in [5, 5.41) is 2.42. The molecule has 0 radical (unpaired) electrons. The van der Waals surface area contributed by atoms with E-state index in [0.29, 0.717) is 12.2 Å². The Kier molecular flexibility index (Phi) is 3.27. The molecular weight excluding hydrogens is 284 g/mol. The molecule has 1 heterocycles. The molecule has 0 saturated heterocycles. The van der Waals surface area contributed by atoms with Crippen LogP contribution in [0.15, 0.2) is 60.7 Å². The van der Waals surface area contributed by atoms with E-state index >= 15 is 0 Å². The second kappa shape index (κ2) is 5.43. The van der Waals surface area contributed by atoms with Gasteiger partial charge in [-0.2, -0.15) is 0 Å². The van der Waals surface area contributed by atoms with Crippen molar-refractivity contribution in [3.63, 3.8) is 0 Å². The van der Waals surface area contributed by atoms with Crippen molar-refractivity contribution >= 4 is 22.4 Å².